The smallest absolute Gasteiger partial charge is 0.227 e. The standard InChI is InChI=1S/C10H9IN6/c1-7-9(6-15-17(7)3-2-12)16-10-13-4-8(11)5-14-10/h4-6H,3H2,1H3,(H,13,14,16). The van der Waals surface area contributed by atoms with Gasteiger partial charge >= 0.3 is 0 Å². The summed E-state index contributed by atoms with van der Waals surface area (Å²) in [6, 6.07) is 2.05. The topological polar surface area (TPSA) is 79.4 Å². The van der Waals surface area contributed by atoms with E-state index in [4.69, 9.17) is 5.26 Å². The van der Waals surface area contributed by atoms with Crippen molar-refractivity contribution in [1.29, 1.82) is 5.26 Å². The highest BCUT2D eigenvalue weighted by molar-refractivity contribution is 14.1. The third-order valence-corrected chi connectivity index (χ3v) is 2.75. The Morgan fingerprint density at radius 1 is 1.41 bits per heavy atom. The second kappa shape index (κ2) is 5.09. The van der Waals surface area contributed by atoms with Crippen LogP contribution in [0.2, 0.25) is 0 Å². The predicted octanol–water partition coefficient (Wildman–Crippen LogP) is 1.85. The molecule has 0 aromatic carbocycles. The number of nitrogens with one attached hydrogen (secondary N) is 1. The Bertz CT molecular complexity index is 553. The minimum Gasteiger partial charge on any atom is -0.321 e. The molecular weight excluding hydrogens is 331 g/mol. The molecular formula is C10H9IN6. The highest BCUT2D eigenvalue weighted by Gasteiger charge is 2.07. The van der Waals surface area contributed by atoms with Crippen LogP contribution in [-0.4, -0.2) is 19.7 Å². The largest absolute Gasteiger partial charge is 0.321 e. The lowest BCUT2D eigenvalue weighted by Crippen LogP contribution is -2.02. The van der Waals surface area contributed by atoms with Crippen LogP contribution in [-0.2, 0) is 6.54 Å². The lowest BCUT2D eigenvalue weighted by molar-refractivity contribution is 0.687. The molecule has 0 atom stereocenters. The Morgan fingerprint density at radius 2 is 2.12 bits per heavy atom. The van der Waals surface area contributed by atoms with Gasteiger partial charge in [-0.15, -0.1) is 0 Å². The van der Waals surface area contributed by atoms with Gasteiger partial charge in [0.15, 0.2) is 0 Å². The monoisotopic (exact) mass is 340 g/mol. The highest BCUT2D eigenvalue weighted by atomic mass is 127. The van der Waals surface area contributed by atoms with Gasteiger partial charge in [0.1, 0.15) is 6.54 Å². The average Bonchev–Trinajstić information content (AvgIpc) is 2.65. The van der Waals surface area contributed by atoms with Gasteiger partial charge in [-0.1, -0.05) is 0 Å². The first-order valence-corrected chi connectivity index (χ1v) is 5.92. The molecule has 2 heterocycles. The quantitative estimate of drug-likeness (QED) is 0.863. The Balaban J connectivity index is 2.19. The lowest BCUT2D eigenvalue weighted by Gasteiger charge is -2.03. The summed E-state index contributed by atoms with van der Waals surface area (Å²) in [5, 5.41) is 15.8. The predicted molar refractivity (Wildman–Crippen MR) is 70.6 cm³/mol. The molecule has 2 rings (SSSR count). The first kappa shape index (κ1) is 11.8. The maximum Gasteiger partial charge on any atom is 0.227 e. The van der Waals surface area contributed by atoms with E-state index in [1.807, 2.05) is 13.0 Å². The van der Waals surface area contributed by atoms with E-state index in [9.17, 15) is 0 Å². The Labute approximate surface area is 112 Å². The maximum absolute atomic E-state index is 8.62. The first-order chi connectivity index (χ1) is 8.20. The molecule has 7 heteroatoms. The number of aromatic nitrogens is 4. The molecule has 86 valence electrons. The third kappa shape index (κ3) is 2.71. The molecule has 6 nitrogen and oxygen atoms in total. The van der Waals surface area contributed by atoms with Crippen LogP contribution in [0.15, 0.2) is 18.6 Å². The zero-order valence-corrected chi connectivity index (χ0v) is 11.2. The van der Waals surface area contributed by atoms with E-state index in [2.05, 4.69) is 43.0 Å². The normalized spacial score (nSPS) is 9.94. The zero-order valence-electron chi connectivity index (χ0n) is 9.05. The molecule has 0 amide bonds. The van der Waals surface area contributed by atoms with E-state index in [-0.39, 0.29) is 6.54 Å². The highest BCUT2D eigenvalue weighted by Crippen LogP contribution is 2.17. The van der Waals surface area contributed by atoms with Gasteiger partial charge in [0, 0.05) is 16.0 Å². The Hall–Kier alpha value is -1.69. The van der Waals surface area contributed by atoms with Crippen LogP contribution in [0.5, 0.6) is 0 Å². The van der Waals surface area contributed by atoms with Crippen LogP contribution in [0.4, 0.5) is 11.6 Å². The van der Waals surface area contributed by atoms with Crippen molar-refractivity contribution < 1.29 is 0 Å². The molecule has 0 saturated carbocycles. The molecule has 2 aromatic rings. The maximum atomic E-state index is 8.62. The lowest BCUT2D eigenvalue weighted by atomic mass is 10.4. The number of rotatable bonds is 3. The summed E-state index contributed by atoms with van der Waals surface area (Å²) >= 11 is 2.14. The van der Waals surface area contributed by atoms with Gasteiger partial charge in [-0.2, -0.15) is 10.4 Å². The number of nitrogens with zero attached hydrogens (tertiary/aromatic N) is 5. The summed E-state index contributed by atoms with van der Waals surface area (Å²) in [6.07, 6.45) is 5.11. The van der Waals surface area contributed by atoms with Gasteiger partial charge in [0.2, 0.25) is 5.95 Å². The van der Waals surface area contributed by atoms with Crippen LogP contribution >= 0.6 is 22.6 Å². The molecule has 0 unspecified atom stereocenters. The summed E-state index contributed by atoms with van der Waals surface area (Å²) in [5.41, 5.74) is 1.69. The van der Waals surface area contributed by atoms with Crippen molar-refractivity contribution in [2.45, 2.75) is 13.5 Å². The van der Waals surface area contributed by atoms with Crippen LogP contribution in [0.3, 0.4) is 0 Å². The summed E-state index contributed by atoms with van der Waals surface area (Å²) in [7, 11) is 0. The van der Waals surface area contributed by atoms with Crippen molar-refractivity contribution in [2.24, 2.45) is 0 Å². The molecule has 1 N–H and O–H groups in total. The van der Waals surface area contributed by atoms with Gasteiger partial charge < -0.3 is 5.32 Å². The minimum absolute atomic E-state index is 0.237. The second-order valence-electron chi connectivity index (χ2n) is 3.31. The molecule has 0 aliphatic carbocycles. The molecule has 0 fully saturated rings. The fourth-order valence-corrected chi connectivity index (χ4v) is 1.57. The number of halogens is 1. The van der Waals surface area contributed by atoms with Gasteiger partial charge in [-0.3, -0.25) is 4.68 Å². The van der Waals surface area contributed by atoms with Crippen molar-refractivity contribution in [1.82, 2.24) is 19.7 Å². The molecule has 0 aliphatic heterocycles. The fraction of sp³-hybridized carbons (Fsp3) is 0.200. The second-order valence-corrected chi connectivity index (χ2v) is 4.55. The van der Waals surface area contributed by atoms with E-state index in [1.165, 1.54) is 0 Å². The molecule has 0 spiro atoms. The number of nitriles is 1. The molecule has 2 aromatic heterocycles. The third-order valence-electron chi connectivity index (χ3n) is 2.19. The van der Waals surface area contributed by atoms with Crippen molar-refractivity contribution in [2.75, 3.05) is 5.32 Å². The molecule has 0 aliphatic rings. The zero-order chi connectivity index (χ0) is 12.3. The van der Waals surface area contributed by atoms with Crippen LogP contribution in [0.1, 0.15) is 5.69 Å². The molecule has 17 heavy (non-hydrogen) atoms. The molecule has 0 saturated heterocycles. The number of hydrogen-bond acceptors (Lipinski definition) is 5. The van der Waals surface area contributed by atoms with E-state index >= 15 is 0 Å². The van der Waals surface area contributed by atoms with E-state index in [0.29, 0.717) is 5.95 Å². The molecule has 0 bridgehead atoms. The minimum atomic E-state index is 0.237. The summed E-state index contributed by atoms with van der Waals surface area (Å²) in [4.78, 5) is 8.28. The van der Waals surface area contributed by atoms with Gasteiger partial charge in [-0.05, 0) is 29.5 Å². The Kier molecular flexibility index (Phi) is 3.53. The van der Waals surface area contributed by atoms with Crippen molar-refractivity contribution in [3.8, 4) is 6.07 Å². The molecule has 0 radical (unpaired) electrons. The van der Waals surface area contributed by atoms with Crippen LogP contribution in [0.25, 0.3) is 0 Å². The van der Waals surface area contributed by atoms with Crippen molar-refractivity contribution >= 4 is 34.2 Å². The van der Waals surface area contributed by atoms with Crippen LogP contribution < -0.4 is 5.32 Å². The Morgan fingerprint density at radius 3 is 2.76 bits per heavy atom. The number of hydrogen-bond donors (Lipinski definition) is 1. The van der Waals surface area contributed by atoms with Gasteiger partial charge in [0.05, 0.1) is 23.6 Å². The number of anilines is 2. The van der Waals surface area contributed by atoms with E-state index < -0.39 is 0 Å². The fourth-order valence-electron chi connectivity index (χ4n) is 1.29. The summed E-state index contributed by atoms with van der Waals surface area (Å²) < 4.78 is 2.60. The summed E-state index contributed by atoms with van der Waals surface area (Å²) in [5.74, 6) is 0.519. The van der Waals surface area contributed by atoms with Gasteiger partial charge in [-0.25, -0.2) is 9.97 Å². The van der Waals surface area contributed by atoms with E-state index in [0.717, 1.165) is 15.0 Å². The van der Waals surface area contributed by atoms with Crippen molar-refractivity contribution in [3.05, 3.63) is 27.9 Å². The summed E-state index contributed by atoms with van der Waals surface area (Å²) in [6.45, 7) is 2.13. The average molecular weight is 340 g/mol. The van der Waals surface area contributed by atoms with Gasteiger partial charge in [0.25, 0.3) is 0 Å². The van der Waals surface area contributed by atoms with Crippen molar-refractivity contribution in [3.63, 3.8) is 0 Å². The first-order valence-electron chi connectivity index (χ1n) is 4.84. The van der Waals surface area contributed by atoms with E-state index in [1.54, 1.807) is 23.3 Å². The SMILES string of the molecule is Cc1c(Nc2ncc(I)cn2)cnn1CC#N. The van der Waals surface area contributed by atoms with Crippen LogP contribution in [0, 0.1) is 21.8 Å².